The molecule has 2 N–H and O–H groups in total. The second-order valence-corrected chi connectivity index (χ2v) is 10.6. The van der Waals surface area contributed by atoms with Crippen LogP contribution in [0.2, 0.25) is 0 Å². The van der Waals surface area contributed by atoms with Crippen molar-refractivity contribution in [2.75, 3.05) is 7.11 Å². The first-order valence-electron chi connectivity index (χ1n) is 13.0. The van der Waals surface area contributed by atoms with Gasteiger partial charge in [-0.1, -0.05) is 6.92 Å². The zero-order chi connectivity index (χ0) is 25.7. The monoisotopic (exact) mass is 503 g/mol. The molecular formula is C29H31F2N5O. The molecule has 2 fully saturated rings. The Balaban J connectivity index is 1.33. The SMILES string of the molecule is CO[C@H]1[C@H](N)C[C@H](c2ccncc2Cc2ncc3ccc(-c4c(F)cc(C5CC5)cc4F)nn23)C[C@@H]1C. The lowest BCUT2D eigenvalue weighted by molar-refractivity contribution is 0.00970. The molecule has 2 aliphatic carbocycles. The van der Waals surface area contributed by atoms with Gasteiger partial charge in [-0.15, -0.1) is 0 Å². The number of methoxy groups -OCH3 is 1. The van der Waals surface area contributed by atoms with E-state index in [4.69, 9.17) is 10.5 Å². The minimum atomic E-state index is -0.581. The summed E-state index contributed by atoms with van der Waals surface area (Å²) in [6.07, 6.45) is 9.73. The maximum Gasteiger partial charge on any atom is 0.135 e. The lowest BCUT2D eigenvalue weighted by Gasteiger charge is -2.38. The fourth-order valence-electron chi connectivity index (χ4n) is 6.06. The zero-order valence-corrected chi connectivity index (χ0v) is 21.1. The van der Waals surface area contributed by atoms with Crippen molar-refractivity contribution in [1.29, 1.82) is 0 Å². The Morgan fingerprint density at radius 1 is 1.05 bits per heavy atom. The molecule has 37 heavy (non-hydrogen) atoms. The van der Waals surface area contributed by atoms with Gasteiger partial charge in [0.25, 0.3) is 0 Å². The summed E-state index contributed by atoms with van der Waals surface area (Å²) in [6.45, 7) is 2.18. The molecule has 6 rings (SSSR count). The highest BCUT2D eigenvalue weighted by Gasteiger charge is 2.35. The number of rotatable bonds is 6. The van der Waals surface area contributed by atoms with E-state index in [9.17, 15) is 0 Å². The third-order valence-corrected chi connectivity index (χ3v) is 8.02. The topological polar surface area (TPSA) is 78.3 Å². The van der Waals surface area contributed by atoms with Crippen molar-refractivity contribution in [3.05, 3.63) is 83.1 Å². The van der Waals surface area contributed by atoms with Crippen LogP contribution in [-0.4, -0.2) is 38.8 Å². The van der Waals surface area contributed by atoms with Gasteiger partial charge in [0, 0.05) is 32.0 Å². The predicted octanol–water partition coefficient (Wildman–Crippen LogP) is 5.39. The molecule has 4 aromatic rings. The van der Waals surface area contributed by atoms with E-state index < -0.39 is 11.6 Å². The van der Waals surface area contributed by atoms with Crippen LogP contribution in [0.5, 0.6) is 0 Å². The summed E-state index contributed by atoms with van der Waals surface area (Å²) in [4.78, 5) is 8.97. The summed E-state index contributed by atoms with van der Waals surface area (Å²) in [5.41, 5.74) is 10.3. The van der Waals surface area contributed by atoms with E-state index >= 15 is 8.78 Å². The third-order valence-electron chi connectivity index (χ3n) is 8.02. The van der Waals surface area contributed by atoms with E-state index in [2.05, 4.69) is 28.1 Å². The van der Waals surface area contributed by atoms with Gasteiger partial charge in [-0.2, -0.15) is 5.10 Å². The van der Waals surface area contributed by atoms with E-state index in [0.717, 1.165) is 42.3 Å². The number of benzene rings is 1. The smallest absolute Gasteiger partial charge is 0.135 e. The van der Waals surface area contributed by atoms with Crippen molar-refractivity contribution < 1.29 is 13.5 Å². The molecule has 0 radical (unpaired) electrons. The molecule has 4 atom stereocenters. The number of imidazole rings is 1. The fraction of sp³-hybridized carbons (Fsp3) is 0.414. The Hall–Kier alpha value is -3.23. The first-order valence-corrected chi connectivity index (χ1v) is 13.0. The highest BCUT2D eigenvalue weighted by Crippen LogP contribution is 2.42. The Morgan fingerprint density at radius 3 is 2.54 bits per heavy atom. The molecule has 0 bridgehead atoms. The normalized spacial score (nSPS) is 24.0. The van der Waals surface area contributed by atoms with Crippen LogP contribution in [0, 0.1) is 17.6 Å². The van der Waals surface area contributed by atoms with Crippen LogP contribution in [-0.2, 0) is 11.2 Å². The molecule has 0 unspecified atom stereocenters. The summed E-state index contributed by atoms with van der Waals surface area (Å²) >= 11 is 0. The lowest BCUT2D eigenvalue weighted by Crippen LogP contribution is -2.45. The summed E-state index contributed by atoms with van der Waals surface area (Å²) in [5.74, 6) is 0.419. The molecule has 0 spiro atoms. The average molecular weight is 504 g/mol. The van der Waals surface area contributed by atoms with Gasteiger partial charge >= 0.3 is 0 Å². The van der Waals surface area contributed by atoms with Crippen molar-refractivity contribution in [2.45, 2.75) is 63.0 Å². The molecule has 3 heterocycles. The lowest BCUT2D eigenvalue weighted by atomic mass is 9.74. The van der Waals surface area contributed by atoms with E-state index in [1.165, 1.54) is 17.7 Å². The van der Waals surface area contributed by atoms with Crippen LogP contribution >= 0.6 is 0 Å². The van der Waals surface area contributed by atoms with E-state index in [-0.39, 0.29) is 35.2 Å². The summed E-state index contributed by atoms with van der Waals surface area (Å²) < 4.78 is 37.3. The average Bonchev–Trinajstić information content (AvgIpc) is 3.66. The Labute approximate surface area is 214 Å². The molecule has 192 valence electrons. The van der Waals surface area contributed by atoms with Gasteiger partial charge < -0.3 is 10.5 Å². The van der Waals surface area contributed by atoms with Crippen molar-refractivity contribution >= 4 is 5.52 Å². The Bertz CT molecular complexity index is 1410. The standard InChI is InChI=1S/C29H31F2N5O/c1-16-9-19(12-25(32)29(16)37-2)22-7-8-33-14-20(22)13-27-34-15-21-5-6-26(35-36(21)27)28-23(30)10-18(11-24(28)31)17-3-4-17/h5-8,10-11,14-17,19,25,29H,3-4,9,12-13,32H2,1-2H3/t16-,19+,25+,29+/m0/s1. The first-order chi connectivity index (χ1) is 17.9. The van der Waals surface area contributed by atoms with Crippen LogP contribution in [0.1, 0.15) is 67.0 Å². The van der Waals surface area contributed by atoms with Crippen LogP contribution in [0.15, 0.2) is 48.9 Å². The Morgan fingerprint density at radius 2 is 1.84 bits per heavy atom. The van der Waals surface area contributed by atoms with Crippen molar-refractivity contribution in [3.8, 4) is 11.3 Å². The number of hydrogen-bond acceptors (Lipinski definition) is 5. The summed E-state index contributed by atoms with van der Waals surface area (Å²) in [5, 5.41) is 4.62. The van der Waals surface area contributed by atoms with Crippen molar-refractivity contribution in [1.82, 2.24) is 19.6 Å². The number of hydrogen-bond donors (Lipinski definition) is 1. The molecule has 2 saturated carbocycles. The fourth-order valence-corrected chi connectivity index (χ4v) is 6.06. The molecule has 0 amide bonds. The van der Waals surface area contributed by atoms with E-state index in [1.54, 1.807) is 30.0 Å². The second kappa shape index (κ2) is 9.58. The van der Waals surface area contributed by atoms with Crippen LogP contribution in [0.25, 0.3) is 16.8 Å². The van der Waals surface area contributed by atoms with E-state index in [0.29, 0.717) is 18.2 Å². The van der Waals surface area contributed by atoms with Crippen LogP contribution in [0.3, 0.4) is 0 Å². The summed E-state index contributed by atoms with van der Waals surface area (Å²) in [6, 6.07) is 8.36. The van der Waals surface area contributed by atoms with Crippen molar-refractivity contribution in [3.63, 3.8) is 0 Å². The molecule has 1 aromatic carbocycles. The predicted molar refractivity (Wildman–Crippen MR) is 137 cm³/mol. The van der Waals surface area contributed by atoms with Gasteiger partial charge in [0.1, 0.15) is 17.5 Å². The molecule has 6 nitrogen and oxygen atoms in total. The molecule has 0 aliphatic heterocycles. The third kappa shape index (κ3) is 4.53. The highest BCUT2D eigenvalue weighted by molar-refractivity contribution is 5.63. The largest absolute Gasteiger partial charge is 0.380 e. The number of fused-ring (bicyclic) bond motifs is 1. The molecular weight excluding hydrogens is 472 g/mol. The second-order valence-electron chi connectivity index (χ2n) is 10.6. The number of aromatic nitrogens is 4. The van der Waals surface area contributed by atoms with Crippen LogP contribution < -0.4 is 5.73 Å². The van der Waals surface area contributed by atoms with Gasteiger partial charge in [0.2, 0.25) is 0 Å². The summed E-state index contributed by atoms with van der Waals surface area (Å²) in [7, 11) is 1.73. The number of nitrogens with zero attached hydrogens (tertiary/aromatic N) is 4. The quantitative estimate of drug-likeness (QED) is 0.382. The van der Waals surface area contributed by atoms with Crippen LogP contribution in [0.4, 0.5) is 8.78 Å². The van der Waals surface area contributed by atoms with Gasteiger partial charge in [-0.25, -0.2) is 18.3 Å². The van der Waals surface area contributed by atoms with Gasteiger partial charge in [0.15, 0.2) is 0 Å². The van der Waals surface area contributed by atoms with E-state index in [1.807, 2.05) is 12.4 Å². The maximum atomic E-state index is 15.0. The zero-order valence-electron chi connectivity index (χ0n) is 21.1. The molecule has 3 aromatic heterocycles. The molecule has 2 aliphatic rings. The number of pyridine rings is 1. The number of ether oxygens (including phenoxy) is 1. The number of nitrogens with two attached hydrogens (primary N) is 1. The Kier molecular flexibility index (Phi) is 6.24. The van der Waals surface area contributed by atoms with Gasteiger partial charge in [-0.3, -0.25) is 4.98 Å². The van der Waals surface area contributed by atoms with Gasteiger partial charge in [0.05, 0.1) is 29.1 Å². The highest BCUT2D eigenvalue weighted by atomic mass is 19.1. The molecule has 8 heteroatoms. The minimum absolute atomic E-state index is 0.0349. The first kappa shape index (κ1) is 24.1. The number of halogens is 2. The van der Waals surface area contributed by atoms with Gasteiger partial charge in [-0.05, 0) is 90.5 Å². The maximum absolute atomic E-state index is 15.0. The van der Waals surface area contributed by atoms with Crippen molar-refractivity contribution in [2.24, 2.45) is 11.7 Å². The minimum Gasteiger partial charge on any atom is -0.380 e. The molecule has 0 saturated heterocycles.